The molecule has 1 fully saturated rings. The van der Waals surface area contributed by atoms with Gasteiger partial charge in [-0.1, -0.05) is 12.1 Å². The van der Waals surface area contributed by atoms with Crippen molar-refractivity contribution in [3.05, 3.63) is 35.6 Å². The van der Waals surface area contributed by atoms with Crippen molar-refractivity contribution in [3.8, 4) is 0 Å². The highest BCUT2D eigenvalue weighted by Crippen LogP contribution is 2.22. The molecule has 0 heterocycles. The van der Waals surface area contributed by atoms with Gasteiger partial charge in [0.2, 0.25) is 5.91 Å². The Kier molecular flexibility index (Phi) is 5.12. The van der Waals surface area contributed by atoms with Gasteiger partial charge in [-0.2, -0.15) is 0 Å². The number of hydrogen-bond donors (Lipinski definition) is 1. The van der Waals surface area contributed by atoms with E-state index in [0.29, 0.717) is 12.5 Å². The molecule has 110 valence electrons. The molecule has 1 aliphatic rings. The molecule has 0 aromatic heterocycles. The van der Waals surface area contributed by atoms with Crippen molar-refractivity contribution in [2.24, 2.45) is 5.73 Å². The molecule has 0 atom stereocenters. The van der Waals surface area contributed by atoms with Crippen LogP contribution in [0.2, 0.25) is 0 Å². The quantitative estimate of drug-likeness (QED) is 0.919. The van der Waals surface area contributed by atoms with Gasteiger partial charge in [0.1, 0.15) is 5.82 Å². The highest BCUT2D eigenvalue weighted by molar-refractivity contribution is 5.79. The average Bonchev–Trinajstić information content (AvgIpc) is 2.44. The van der Waals surface area contributed by atoms with Crippen LogP contribution in [0.5, 0.6) is 0 Å². The summed E-state index contributed by atoms with van der Waals surface area (Å²) in [6.45, 7) is 2.73. The SMILES string of the molecule is CCN(C(=O)Cc1ccc(F)cc1)C1CCC(N)CC1. The molecule has 1 saturated carbocycles. The zero-order chi connectivity index (χ0) is 14.5. The van der Waals surface area contributed by atoms with Crippen LogP contribution in [0, 0.1) is 5.82 Å². The van der Waals surface area contributed by atoms with E-state index in [1.54, 1.807) is 12.1 Å². The number of halogens is 1. The van der Waals surface area contributed by atoms with Crippen molar-refractivity contribution in [2.45, 2.75) is 51.1 Å². The van der Waals surface area contributed by atoms with E-state index in [1.807, 2.05) is 11.8 Å². The Hall–Kier alpha value is -1.42. The van der Waals surface area contributed by atoms with Crippen molar-refractivity contribution in [1.82, 2.24) is 4.90 Å². The number of likely N-dealkylation sites (N-methyl/N-ethyl adjacent to an activating group) is 1. The number of benzene rings is 1. The topological polar surface area (TPSA) is 46.3 Å². The van der Waals surface area contributed by atoms with E-state index in [2.05, 4.69) is 0 Å². The van der Waals surface area contributed by atoms with Crippen molar-refractivity contribution < 1.29 is 9.18 Å². The predicted molar refractivity (Wildman–Crippen MR) is 77.7 cm³/mol. The van der Waals surface area contributed by atoms with Crippen LogP contribution >= 0.6 is 0 Å². The average molecular weight is 278 g/mol. The van der Waals surface area contributed by atoms with E-state index >= 15 is 0 Å². The first-order valence-corrected chi connectivity index (χ1v) is 7.39. The highest BCUT2D eigenvalue weighted by Gasteiger charge is 2.26. The standard InChI is InChI=1S/C16H23FN2O/c1-2-19(15-9-7-14(18)8-10-15)16(20)11-12-3-5-13(17)6-4-12/h3-6,14-15H,2,7-11,18H2,1H3. The van der Waals surface area contributed by atoms with Crippen LogP contribution in [-0.4, -0.2) is 29.4 Å². The van der Waals surface area contributed by atoms with Gasteiger partial charge in [-0.3, -0.25) is 4.79 Å². The third-order valence-electron chi connectivity index (χ3n) is 4.11. The summed E-state index contributed by atoms with van der Waals surface area (Å²) in [6.07, 6.45) is 4.31. The van der Waals surface area contributed by atoms with Gasteiger partial charge >= 0.3 is 0 Å². The van der Waals surface area contributed by atoms with Crippen molar-refractivity contribution in [2.75, 3.05) is 6.54 Å². The Morgan fingerprint density at radius 2 is 1.85 bits per heavy atom. The van der Waals surface area contributed by atoms with Crippen LogP contribution in [0.3, 0.4) is 0 Å². The maximum absolute atomic E-state index is 12.9. The molecule has 1 aromatic carbocycles. The molecular weight excluding hydrogens is 255 g/mol. The van der Waals surface area contributed by atoms with Gasteiger partial charge in [-0.15, -0.1) is 0 Å². The normalized spacial score (nSPS) is 22.6. The summed E-state index contributed by atoms with van der Waals surface area (Å²) in [5.41, 5.74) is 6.78. The molecule has 0 saturated heterocycles. The van der Waals surface area contributed by atoms with Crippen LogP contribution < -0.4 is 5.73 Å². The molecule has 0 aliphatic heterocycles. The fourth-order valence-electron chi connectivity index (χ4n) is 2.93. The molecule has 2 rings (SSSR count). The molecule has 0 unspecified atom stereocenters. The summed E-state index contributed by atoms with van der Waals surface area (Å²) in [7, 11) is 0. The Balaban J connectivity index is 1.96. The van der Waals surface area contributed by atoms with Gasteiger partial charge in [0.15, 0.2) is 0 Å². The molecule has 4 heteroatoms. The highest BCUT2D eigenvalue weighted by atomic mass is 19.1. The second kappa shape index (κ2) is 6.84. The number of rotatable bonds is 4. The summed E-state index contributed by atoms with van der Waals surface area (Å²) < 4.78 is 12.9. The fraction of sp³-hybridized carbons (Fsp3) is 0.562. The molecule has 1 aliphatic carbocycles. The van der Waals surface area contributed by atoms with Crippen LogP contribution in [0.25, 0.3) is 0 Å². The van der Waals surface area contributed by atoms with Gasteiger partial charge < -0.3 is 10.6 Å². The third kappa shape index (κ3) is 3.79. The van der Waals surface area contributed by atoms with Crippen molar-refractivity contribution in [3.63, 3.8) is 0 Å². The zero-order valence-corrected chi connectivity index (χ0v) is 12.0. The monoisotopic (exact) mass is 278 g/mol. The molecule has 0 bridgehead atoms. The van der Waals surface area contributed by atoms with Crippen LogP contribution in [-0.2, 0) is 11.2 Å². The first kappa shape index (κ1) is 15.0. The summed E-state index contributed by atoms with van der Waals surface area (Å²) in [6, 6.07) is 6.76. The third-order valence-corrected chi connectivity index (χ3v) is 4.11. The van der Waals surface area contributed by atoms with Gasteiger partial charge in [0.05, 0.1) is 6.42 Å². The van der Waals surface area contributed by atoms with E-state index < -0.39 is 0 Å². The summed E-state index contributed by atoms with van der Waals surface area (Å²) in [5.74, 6) is -0.144. The number of carbonyl (C=O) groups is 1. The maximum Gasteiger partial charge on any atom is 0.227 e. The van der Waals surface area contributed by atoms with E-state index in [-0.39, 0.29) is 17.8 Å². The molecule has 0 radical (unpaired) electrons. The predicted octanol–water partition coefficient (Wildman–Crippen LogP) is 2.49. The van der Waals surface area contributed by atoms with Crippen molar-refractivity contribution in [1.29, 1.82) is 0 Å². The first-order chi connectivity index (χ1) is 9.60. The Labute approximate surface area is 120 Å². The molecule has 0 spiro atoms. The van der Waals surface area contributed by atoms with E-state index in [0.717, 1.165) is 37.8 Å². The first-order valence-electron chi connectivity index (χ1n) is 7.39. The molecule has 1 aromatic rings. The van der Waals surface area contributed by atoms with Crippen LogP contribution in [0.4, 0.5) is 4.39 Å². The minimum Gasteiger partial charge on any atom is -0.340 e. The number of nitrogens with two attached hydrogens (primary N) is 1. The molecule has 20 heavy (non-hydrogen) atoms. The van der Waals surface area contributed by atoms with E-state index in [1.165, 1.54) is 12.1 Å². The summed E-state index contributed by atoms with van der Waals surface area (Å²) in [5, 5.41) is 0. The molecular formula is C16H23FN2O. The number of amides is 1. The van der Waals surface area contributed by atoms with Gasteiger partial charge in [0, 0.05) is 18.6 Å². The number of hydrogen-bond acceptors (Lipinski definition) is 2. The summed E-state index contributed by atoms with van der Waals surface area (Å²) >= 11 is 0. The lowest BCUT2D eigenvalue weighted by atomic mass is 9.90. The van der Waals surface area contributed by atoms with E-state index in [9.17, 15) is 9.18 Å². The Bertz CT molecular complexity index is 438. The minimum absolute atomic E-state index is 0.125. The summed E-state index contributed by atoms with van der Waals surface area (Å²) in [4.78, 5) is 14.4. The minimum atomic E-state index is -0.269. The number of nitrogens with zero attached hydrogens (tertiary/aromatic N) is 1. The molecule has 1 amide bonds. The van der Waals surface area contributed by atoms with Gasteiger partial charge in [0.25, 0.3) is 0 Å². The second-order valence-electron chi connectivity index (χ2n) is 5.55. The van der Waals surface area contributed by atoms with Crippen molar-refractivity contribution >= 4 is 5.91 Å². The second-order valence-corrected chi connectivity index (χ2v) is 5.55. The Morgan fingerprint density at radius 1 is 1.25 bits per heavy atom. The van der Waals surface area contributed by atoms with Gasteiger partial charge in [-0.05, 0) is 50.3 Å². The zero-order valence-electron chi connectivity index (χ0n) is 12.0. The lowest BCUT2D eigenvalue weighted by Gasteiger charge is -2.35. The molecule has 3 nitrogen and oxygen atoms in total. The lowest BCUT2D eigenvalue weighted by Crippen LogP contribution is -2.44. The Morgan fingerprint density at radius 3 is 2.40 bits per heavy atom. The smallest absolute Gasteiger partial charge is 0.227 e. The maximum atomic E-state index is 12.9. The fourth-order valence-corrected chi connectivity index (χ4v) is 2.93. The van der Waals surface area contributed by atoms with Gasteiger partial charge in [-0.25, -0.2) is 4.39 Å². The lowest BCUT2D eigenvalue weighted by molar-refractivity contribution is -0.133. The van der Waals surface area contributed by atoms with E-state index in [4.69, 9.17) is 5.73 Å². The van der Waals surface area contributed by atoms with Crippen LogP contribution in [0.15, 0.2) is 24.3 Å². The largest absolute Gasteiger partial charge is 0.340 e. The molecule has 2 N–H and O–H groups in total. The van der Waals surface area contributed by atoms with Crippen LogP contribution in [0.1, 0.15) is 38.2 Å². The number of carbonyl (C=O) groups excluding carboxylic acids is 1.